The molecule has 0 saturated carbocycles. The lowest BCUT2D eigenvalue weighted by molar-refractivity contribution is -0.167. The second kappa shape index (κ2) is 60.4. The molecule has 0 N–H and O–H groups in total. The number of carbonyl (C=O) groups is 3. The molecular weight excluding hydrogens is 901 g/mol. The Balaban J connectivity index is 4.51. The number of hydrogen-bond donors (Lipinski definition) is 0. The molecule has 6 nitrogen and oxygen atoms in total. The highest BCUT2D eigenvalue weighted by atomic mass is 16.6. The van der Waals surface area contributed by atoms with Crippen LogP contribution in [0.2, 0.25) is 0 Å². The molecule has 1 unspecified atom stereocenters. The predicted octanol–water partition coefficient (Wildman–Crippen LogP) is 20.4. The molecule has 6 heteroatoms. The molecule has 73 heavy (non-hydrogen) atoms. The van der Waals surface area contributed by atoms with Gasteiger partial charge in [0, 0.05) is 19.3 Å². The van der Waals surface area contributed by atoms with E-state index in [0.717, 1.165) is 109 Å². The summed E-state index contributed by atoms with van der Waals surface area (Å²) in [6, 6.07) is 0. The minimum atomic E-state index is -0.814. The monoisotopic (exact) mass is 1010 g/mol. The van der Waals surface area contributed by atoms with Gasteiger partial charge in [-0.3, -0.25) is 14.4 Å². The van der Waals surface area contributed by atoms with E-state index < -0.39 is 6.10 Å². The van der Waals surface area contributed by atoms with Crippen LogP contribution in [-0.4, -0.2) is 37.2 Å². The van der Waals surface area contributed by atoms with Gasteiger partial charge in [0.25, 0.3) is 0 Å². The fraction of sp³-hybridized carbons (Fsp3) is 0.657. The molecule has 0 bridgehead atoms. The molecule has 0 heterocycles. The zero-order valence-corrected chi connectivity index (χ0v) is 47.4. The largest absolute Gasteiger partial charge is 0.462 e. The highest BCUT2D eigenvalue weighted by molar-refractivity contribution is 5.71. The minimum absolute atomic E-state index is 0.107. The number of allylic oxidation sites excluding steroid dienone is 20. The second-order valence-corrected chi connectivity index (χ2v) is 19.5. The molecule has 0 aliphatic rings. The summed E-state index contributed by atoms with van der Waals surface area (Å²) in [7, 11) is 0. The van der Waals surface area contributed by atoms with Gasteiger partial charge in [0.1, 0.15) is 13.2 Å². The highest BCUT2D eigenvalue weighted by Crippen LogP contribution is 2.14. The van der Waals surface area contributed by atoms with Gasteiger partial charge in [0.15, 0.2) is 6.10 Å². The van der Waals surface area contributed by atoms with Crippen LogP contribution < -0.4 is 0 Å². The Labute approximate surface area is 450 Å². The number of rotatable bonds is 53. The van der Waals surface area contributed by atoms with Gasteiger partial charge in [0.2, 0.25) is 0 Å². The van der Waals surface area contributed by atoms with Crippen molar-refractivity contribution in [2.24, 2.45) is 0 Å². The Morgan fingerprint density at radius 3 is 0.890 bits per heavy atom. The van der Waals surface area contributed by atoms with Crippen molar-refractivity contribution in [2.45, 2.75) is 271 Å². The average Bonchev–Trinajstić information content (AvgIpc) is 3.39. The Morgan fingerprint density at radius 1 is 0.288 bits per heavy atom. The minimum Gasteiger partial charge on any atom is -0.462 e. The van der Waals surface area contributed by atoms with E-state index >= 15 is 0 Å². The molecule has 1 atom stereocenters. The van der Waals surface area contributed by atoms with Crippen molar-refractivity contribution in [3.05, 3.63) is 122 Å². The van der Waals surface area contributed by atoms with Crippen molar-refractivity contribution in [1.29, 1.82) is 0 Å². The Kier molecular flexibility index (Phi) is 56.9. The average molecular weight is 1010 g/mol. The van der Waals surface area contributed by atoms with Crippen LogP contribution in [0.25, 0.3) is 0 Å². The fourth-order valence-corrected chi connectivity index (χ4v) is 7.93. The quantitative estimate of drug-likeness (QED) is 0.0261. The van der Waals surface area contributed by atoms with Crippen LogP contribution in [-0.2, 0) is 28.6 Å². The number of carbonyl (C=O) groups excluding carboxylic acids is 3. The molecule has 0 fully saturated rings. The Hall–Kier alpha value is -4.19. The second-order valence-electron chi connectivity index (χ2n) is 19.5. The first kappa shape index (κ1) is 68.8. The van der Waals surface area contributed by atoms with Gasteiger partial charge >= 0.3 is 17.9 Å². The third-order valence-electron chi connectivity index (χ3n) is 12.4. The van der Waals surface area contributed by atoms with E-state index in [1.54, 1.807) is 0 Å². The van der Waals surface area contributed by atoms with Gasteiger partial charge in [-0.05, 0) is 128 Å². The molecule has 0 aliphatic carbocycles. The summed E-state index contributed by atoms with van der Waals surface area (Å²) in [6.07, 6.45) is 83.3. The van der Waals surface area contributed by atoms with Crippen molar-refractivity contribution in [3.63, 3.8) is 0 Å². The zero-order valence-electron chi connectivity index (χ0n) is 47.4. The van der Waals surface area contributed by atoms with Crippen molar-refractivity contribution < 1.29 is 28.6 Å². The molecular formula is C67H110O6. The molecule has 0 aliphatic heterocycles. The zero-order chi connectivity index (χ0) is 52.9. The lowest BCUT2D eigenvalue weighted by Gasteiger charge is -2.18. The Bertz CT molecular complexity index is 1540. The van der Waals surface area contributed by atoms with E-state index in [9.17, 15) is 14.4 Å². The van der Waals surface area contributed by atoms with E-state index in [-0.39, 0.29) is 37.5 Å². The lowest BCUT2D eigenvalue weighted by atomic mass is 10.1. The molecule has 0 radical (unpaired) electrons. The normalized spacial score (nSPS) is 13.0. The maximum absolute atomic E-state index is 12.9. The number of ether oxygens (including phenoxy) is 3. The third kappa shape index (κ3) is 58.6. The molecule has 0 spiro atoms. The summed E-state index contributed by atoms with van der Waals surface area (Å²) in [5.74, 6) is -0.982. The van der Waals surface area contributed by atoms with E-state index in [4.69, 9.17) is 14.2 Å². The molecule has 0 aromatic rings. The Morgan fingerprint density at radius 2 is 0.548 bits per heavy atom. The first-order valence-electron chi connectivity index (χ1n) is 30.0. The van der Waals surface area contributed by atoms with Crippen molar-refractivity contribution in [2.75, 3.05) is 13.2 Å². The molecule has 0 aromatic carbocycles. The summed E-state index contributed by atoms with van der Waals surface area (Å²) in [4.78, 5) is 38.2. The summed E-state index contributed by atoms with van der Waals surface area (Å²) in [5.41, 5.74) is 0. The van der Waals surface area contributed by atoms with Crippen LogP contribution in [0, 0.1) is 0 Å². The lowest BCUT2D eigenvalue weighted by Crippen LogP contribution is -2.30. The van der Waals surface area contributed by atoms with Crippen LogP contribution in [0.5, 0.6) is 0 Å². The number of hydrogen-bond acceptors (Lipinski definition) is 6. The maximum Gasteiger partial charge on any atom is 0.306 e. The maximum atomic E-state index is 12.9. The van der Waals surface area contributed by atoms with Gasteiger partial charge in [0.05, 0.1) is 0 Å². The smallest absolute Gasteiger partial charge is 0.306 e. The van der Waals surface area contributed by atoms with Crippen molar-refractivity contribution in [3.8, 4) is 0 Å². The standard InChI is InChI=1S/C67H110O6/c1-4-7-10-13-16-19-22-25-28-31-33-36-39-42-45-48-51-54-57-60-66(69)72-63-64(62-71-65(68)59-56-53-50-47-44-41-38-35-30-27-24-21-18-15-12-9-6-3)73-67(70)61-58-55-52-49-46-43-40-37-34-32-29-26-23-20-17-14-11-8-5-2/h9,12,16-21,25-30,33,36,38,41,47,50,64H,4-8,10-11,13-15,22-24,31-32,34-35,37,39-40,42-46,48-49,51-63H2,1-3H3/b12-9-,19-16-,20-17-,21-18-,28-25-,29-26-,30-27-,36-33-,41-38-,50-47-. The van der Waals surface area contributed by atoms with E-state index in [0.29, 0.717) is 19.3 Å². The molecule has 0 saturated heterocycles. The van der Waals surface area contributed by atoms with Gasteiger partial charge in [-0.2, -0.15) is 0 Å². The van der Waals surface area contributed by atoms with E-state index in [1.807, 2.05) is 0 Å². The van der Waals surface area contributed by atoms with Crippen LogP contribution >= 0.6 is 0 Å². The first-order valence-corrected chi connectivity index (χ1v) is 30.0. The third-order valence-corrected chi connectivity index (χ3v) is 12.4. The molecule has 0 amide bonds. The van der Waals surface area contributed by atoms with Gasteiger partial charge in [-0.25, -0.2) is 0 Å². The summed E-state index contributed by atoms with van der Waals surface area (Å²) < 4.78 is 16.8. The highest BCUT2D eigenvalue weighted by Gasteiger charge is 2.19. The van der Waals surface area contributed by atoms with Crippen LogP contribution in [0.4, 0.5) is 0 Å². The fourth-order valence-electron chi connectivity index (χ4n) is 7.93. The summed E-state index contributed by atoms with van der Waals surface area (Å²) in [5, 5.41) is 0. The summed E-state index contributed by atoms with van der Waals surface area (Å²) >= 11 is 0. The molecule has 414 valence electrons. The van der Waals surface area contributed by atoms with Crippen molar-refractivity contribution in [1.82, 2.24) is 0 Å². The number of esters is 3. The topological polar surface area (TPSA) is 78.9 Å². The SMILES string of the molecule is CC/C=C\C/C=C\C/C=C\C/C=C\C/C=C\CCCC(=O)OCC(COC(=O)CCCCCCCC/C=C\C/C=C\C/C=C\CCCCC)OC(=O)CCCCCCCCCCC/C=C\C/C=C\CCCCC. The van der Waals surface area contributed by atoms with E-state index in [1.165, 1.54) is 109 Å². The summed E-state index contributed by atoms with van der Waals surface area (Å²) in [6.45, 7) is 6.42. The van der Waals surface area contributed by atoms with Crippen LogP contribution in [0.15, 0.2) is 122 Å². The van der Waals surface area contributed by atoms with Gasteiger partial charge in [-0.1, -0.05) is 239 Å². The molecule has 0 aromatic heterocycles. The van der Waals surface area contributed by atoms with Gasteiger partial charge in [-0.15, -0.1) is 0 Å². The first-order chi connectivity index (χ1) is 36.0. The predicted molar refractivity (Wildman–Crippen MR) is 316 cm³/mol. The van der Waals surface area contributed by atoms with Gasteiger partial charge < -0.3 is 14.2 Å². The number of unbranched alkanes of at least 4 members (excludes halogenated alkanes) is 22. The van der Waals surface area contributed by atoms with E-state index in [2.05, 4.69) is 142 Å². The molecule has 0 rings (SSSR count). The van der Waals surface area contributed by atoms with Crippen LogP contribution in [0.1, 0.15) is 265 Å². The van der Waals surface area contributed by atoms with Crippen LogP contribution in [0.3, 0.4) is 0 Å². The van der Waals surface area contributed by atoms with Crippen molar-refractivity contribution >= 4 is 17.9 Å².